The fraction of sp³-hybridized carbons (Fsp3) is 0.474. The number of sulfone groups is 1. The van der Waals surface area contributed by atoms with Gasteiger partial charge in [0.05, 0.1) is 22.4 Å². The molecule has 5 rings (SSSR count). The summed E-state index contributed by atoms with van der Waals surface area (Å²) in [6.45, 7) is 1.00. The molecule has 0 N–H and O–H groups in total. The van der Waals surface area contributed by atoms with E-state index in [1.807, 2.05) is 6.20 Å². The zero-order chi connectivity index (χ0) is 19.4. The highest BCUT2D eigenvalue weighted by atomic mass is 32.2. The first-order chi connectivity index (χ1) is 13.5. The summed E-state index contributed by atoms with van der Waals surface area (Å²) < 4.78 is 39.8. The Morgan fingerprint density at radius 2 is 1.86 bits per heavy atom. The molecule has 1 aliphatic heterocycles. The minimum absolute atomic E-state index is 0.190. The topological polar surface area (TPSA) is 67.6 Å². The van der Waals surface area contributed by atoms with E-state index in [9.17, 15) is 12.8 Å². The Balaban J connectivity index is 1.43. The van der Waals surface area contributed by atoms with Crippen LogP contribution in [0.15, 0.2) is 30.5 Å². The molecule has 0 radical (unpaired) electrons. The number of benzene rings is 1. The Hall–Kier alpha value is -2.00. The lowest BCUT2D eigenvalue weighted by Gasteiger charge is -2.44. The van der Waals surface area contributed by atoms with Crippen molar-refractivity contribution in [1.29, 1.82) is 0 Å². The Bertz CT molecular complexity index is 1080. The van der Waals surface area contributed by atoms with Crippen molar-refractivity contribution in [1.82, 2.24) is 14.6 Å². The maximum Gasteiger partial charge on any atom is 0.214 e. The minimum atomic E-state index is -3.07. The fourth-order valence-electron chi connectivity index (χ4n) is 4.38. The van der Waals surface area contributed by atoms with E-state index in [0.717, 1.165) is 53.5 Å². The Labute approximate surface area is 166 Å². The van der Waals surface area contributed by atoms with E-state index in [2.05, 4.69) is 15.0 Å². The first-order valence-electron chi connectivity index (χ1n) is 9.55. The van der Waals surface area contributed by atoms with Crippen molar-refractivity contribution in [2.24, 2.45) is 0 Å². The maximum atomic E-state index is 13.1. The van der Waals surface area contributed by atoms with Gasteiger partial charge in [-0.05, 0) is 37.1 Å². The summed E-state index contributed by atoms with van der Waals surface area (Å²) in [6.07, 6.45) is 6.42. The molecule has 0 bridgehead atoms. The summed E-state index contributed by atoms with van der Waals surface area (Å²) in [7, 11) is -3.07. The molecule has 1 saturated carbocycles. The Morgan fingerprint density at radius 1 is 1.11 bits per heavy atom. The quantitative estimate of drug-likeness (QED) is 0.634. The SMILES string of the molecule is O=S1(=O)CCN(c2nn3cc(-c4ccc(F)cc4)nc3s2)CC12CCCCC2. The lowest BCUT2D eigenvalue weighted by molar-refractivity contribution is 0.363. The molecule has 0 unspecified atom stereocenters. The van der Waals surface area contributed by atoms with Crippen LogP contribution in [0.1, 0.15) is 32.1 Å². The number of hydrogen-bond donors (Lipinski definition) is 0. The Kier molecular flexibility index (Phi) is 4.20. The summed E-state index contributed by atoms with van der Waals surface area (Å²) in [5.41, 5.74) is 1.58. The highest BCUT2D eigenvalue weighted by Crippen LogP contribution is 2.40. The number of fused-ring (bicyclic) bond motifs is 1. The highest BCUT2D eigenvalue weighted by molar-refractivity contribution is 7.92. The maximum absolute atomic E-state index is 13.1. The van der Waals surface area contributed by atoms with Crippen LogP contribution in [-0.2, 0) is 9.84 Å². The number of halogens is 1. The molecule has 3 aromatic rings. The van der Waals surface area contributed by atoms with Gasteiger partial charge >= 0.3 is 0 Å². The van der Waals surface area contributed by atoms with Crippen LogP contribution in [0.4, 0.5) is 9.52 Å². The molecule has 28 heavy (non-hydrogen) atoms. The van der Waals surface area contributed by atoms with Crippen LogP contribution in [0.2, 0.25) is 0 Å². The molecule has 148 valence electrons. The van der Waals surface area contributed by atoms with Gasteiger partial charge in [0.2, 0.25) is 10.1 Å². The van der Waals surface area contributed by atoms with Gasteiger partial charge in [-0.15, -0.1) is 5.10 Å². The summed E-state index contributed by atoms with van der Waals surface area (Å²) in [6, 6.07) is 6.23. The van der Waals surface area contributed by atoms with Crippen molar-refractivity contribution in [3.8, 4) is 11.3 Å². The second-order valence-corrected chi connectivity index (χ2v) is 11.2. The molecule has 1 aliphatic carbocycles. The van der Waals surface area contributed by atoms with E-state index >= 15 is 0 Å². The number of imidazole rings is 1. The summed E-state index contributed by atoms with van der Waals surface area (Å²) in [5.74, 6) is -0.0858. The predicted octanol–water partition coefficient (Wildman–Crippen LogP) is 3.53. The summed E-state index contributed by atoms with van der Waals surface area (Å²) in [5, 5.41) is 5.47. The molecule has 1 spiro atoms. The summed E-state index contributed by atoms with van der Waals surface area (Å²) >= 11 is 1.47. The molecular weight excluding hydrogens is 399 g/mol. The van der Waals surface area contributed by atoms with Crippen LogP contribution in [0.3, 0.4) is 0 Å². The fourth-order valence-corrected chi connectivity index (χ4v) is 7.44. The second-order valence-electron chi connectivity index (χ2n) is 7.73. The van der Waals surface area contributed by atoms with Gasteiger partial charge in [-0.2, -0.15) is 0 Å². The number of hydrogen-bond acceptors (Lipinski definition) is 6. The smallest absolute Gasteiger partial charge is 0.214 e. The van der Waals surface area contributed by atoms with Gasteiger partial charge in [0.1, 0.15) is 5.82 Å². The van der Waals surface area contributed by atoms with E-state index in [0.29, 0.717) is 13.1 Å². The van der Waals surface area contributed by atoms with Gasteiger partial charge in [0, 0.05) is 18.7 Å². The van der Waals surface area contributed by atoms with E-state index < -0.39 is 14.6 Å². The number of anilines is 1. The van der Waals surface area contributed by atoms with Crippen LogP contribution in [0, 0.1) is 5.82 Å². The van der Waals surface area contributed by atoms with E-state index in [4.69, 9.17) is 0 Å². The zero-order valence-electron chi connectivity index (χ0n) is 15.3. The van der Waals surface area contributed by atoms with Crippen molar-refractivity contribution in [2.75, 3.05) is 23.7 Å². The largest absolute Gasteiger partial charge is 0.344 e. The first-order valence-corrected chi connectivity index (χ1v) is 12.0. The van der Waals surface area contributed by atoms with Crippen LogP contribution in [-0.4, -0.2) is 46.6 Å². The van der Waals surface area contributed by atoms with Crippen LogP contribution >= 0.6 is 11.3 Å². The van der Waals surface area contributed by atoms with E-state index in [-0.39, 0.29) is 11.6 Å². The van der Waals surface area contributed by atoms with Gasteiger partial charge in [0.15, 0.2) is 9.84 Å². The zero-order valence-corrected chi connectivity index (χ0v) is 17.0. The third-order valence-corrected chi connectivity index (χ3v) is 9.54. The number of nitrogens with zero attached hydrogens (tertiary/aromatic N) is 4. The molecule has 2 aliphatic rings. The van der Waals surface area contributed by atoms with Crippen molar-refractivity contribution in [3.63, 3.8) is 0 Å². The molecule has 2 fully saturated rings. The highest BCUT2D eigenvalue weighted by Gasteiger charge is 2.48. The lowest BCUT2D eigenvalue weighted by atomic mass is 9.87. The van der Waals surface area contributed by atoms with Gasteiger partial charge in [-0.25, -0.2) is 22.3 Å². The van der Waals surface area contributed by atoms with Gasteiger partial charge in [-0.3, -0.25) is 0 Å². The van der Waals surface area contributed by atoms with Gasteiger partial charge in [-0.1, -0.05) is 30.6 Å². The van der Waals surface area contributed by atoms with Crippen molar-refractivity contribution in [2.45, 2.75) is 36.9 Å². The van der Waals surface area contributed by atoms with Crippen molar-refractivity contribution >= 4 is 31.3 Å². The number of rotatable bonds is 2. The molecular formula is C19H21FN4O2S2. The second kappa shape index (κ2) is 6.52. The first kappa shape index (κ1) is 18.1. The molecule has 6 nitrogen and oxygen atoms in total. The van der Waals surface area contributed by atoms with Gasteiger partial charge in [0.25, 0.3) is 0 Å². The van der Waals surface area contributed by atoms with Crippen molar-refractivity contribution < 1.29 is 12.8 Å². The molecule has 0 amide bonds. The minimum Gasteiger partial charge on any atom is -0.344 e. The Morgan fingerprint density at radius 3 is 2.57 bits per heavy atom. The van der Waals surface area contributed by atoms with Gasteiger partial charge < -0.3 is 4.90 Å². The molecule has 1 saturated heterocycles. The average Bonchev–Trinajstić information content (AvgIpc) is 3.25. The van der Waals surface area contributed by atoms with E-state index in [1.165, 1.54) is 23.5 Å². The molecule has 1 aromatic carbocycles. The monoisotopic (exact) mass is 420 g/mol. The molecule has 3 heterocycles. The lowest BCUT2D eigenvalue weighted by Crippen LogP contribution is -2.57. The standard InChI is InChI=1S/C19H21FN4O2S2/c20-15-6-4-14(5-7-15)16-12-24-17(21-16)27-18(22-24)23-10-11-28(25,26)19(13-23)8-2-1-3-9-19/h4-7,12H,1-3,8-11,13H2. The third-order valence-electron chi connectivity index (χ3n) is 5.98. The molecule has 0 atom stereocenters. The van der Waals surface area contributed by atoms with Crippen LogP contribution < -0.4 is 4.90 Å². The van der Waals surface area contributed by atoms with Crippen molar-refractivity contribution in [3.05, 3.63) is 36.3 Å². The predicted molar refractivity (Wildman–Crippen MR) is 108 cm³/mol. The molecule has 9 heteroatoms. The van der Waals surface area contributed by atoms with E-state index in [1.54, 1.807) is 16.6 Å². The third kappa shape index (κ3) is 2.91. The molecule has 2 aromatic heterocycles. The summed E-state index contributed by atoms with van der Waals surface area (Å²) in [4.78, 5) is 7.48. The normalized spacial score (nSPS) is 21.4. The van der Waals surface area contributed by atoms with Crippen LogP contribution in [0.5, 0.6) is 0 Å². The average molecular weight is 421 g/mol. The van der Waals surface area contributed by atoms with Crippen LogP contribution in [0.25, 0.3) is 16.2 Å². The number of aromatic nitrogens is 3.